The van der Waals surface area contributed by atoms with Crippen LogP contribution in [0.2, 0.25) is 0 Å². The summed E-state index contributed by atoms with van der Waals surface area (Å²) in [5.41, 5.74) is 0.969. The second-order valence-electron chi connectivity index (χ2n) is 18.5. The Morgan fingerprint density at radius 3 is 1.09 bits per heavy atom. The van der Waals surface area contributed by atoms with E-state index in [4.69, 9.17) is 18.9 Å². The van der Waals surface area contributed by atoms with Gasteiger partial charge in [-0.2, -0.15) is 0 Å². The van der Waals surface area contributed by atoms with E-state index in [1.54, 1.807) is 36.4 Å². The van der Waals surface area contributed by atoms with Crippen molar-refractivity contribution in [2.75, 3.05) is 0 Å². The van der Waals surface area contributed by atoms with Crippen LogP contribution in [-0.2, 0) is 46.7 Å². The second kappa shape index (κ2) is 21.4. The third-order valence-electron chi connectivity index (χ3n) is 8.08. The van der Waals surface area contributed by atoms with E-state index in [-0.39, 0.29) is 91.8 Å². The van der Waals surface area contributed by atoms with Crippen molar-refractivity contribution in [3.63, 3.8) is 0 Å². The predicted octanol–water partition coefficient (Wildman–Crippen LogP) is 8.90. The molecule has 2 aromatic carbocycles. The van der Waals surface area contributed by atoms with Crippen LogP contribution in [0.25, 0.3) is 0 Å². The van der Waals surface area contributed by atoms with Crippen molar-refractivity contribution in [2.45, 2.75) is 159 Å². The second-order valence-corrected chi connectivity index (χ2v) is 18.5. The number of carbonyl (C=O) groups is 5. The maximum atomic E-state index is 15.1. The van der Waals surface area contributed by atoms with Crippen LogP contribution in [0.5, 0.6) is 11.5 Å². The Kier molecular flexibility index (Phi) is 18.4. The highest BCUT2D eigenvalue weighted by atomic mass is 16.6. The number of nitrogens with one attached hydrogen (secondary N) is 2. The van der Waals surface area contributed by atoms with Crippen LogP contribution in [0.1, 0.15) is 157 Å². The molecular weight excluding hydrogens is 712 g/mol. The Hall–Kier alpha value is -4.09. The minimum atomic E-state index is -0.892. The molecule has 0 saturated carbocycles. The van der Waals surface area contributed by atoms with E-state index >= 15 is 4.79 Å². The van der Waals surface area contributed by atoms with E-state index in [2.05, 4.69) is 10.6 Å². The predicted molar refractivity (Wildman–Crippen MR) is 218 cm³/mol. The summed E-state index contributed by atoms with van der Waals surface area (Å²) in [7, 11) is 0. The van der Waals surface area contributed by atoms with Crippen molar-refractivity contribution >= 4 is 29.7 Å². The average Bonchev–Trinajstić information content (AvgIpc) is 3.02. The largest absolute Gasteiger partial charge is 0.461 e. The molecule has 0 heterocycles. The standard InChI is InChI=1S/C45H68N2O9/c1-27(2)19-37(48)53-25-33-23-31(15-17-35(33)55-39(50)21-29(5)6)41(46-44(9,10)11)43(52)42(47-45(12,13)14)32-16-18-36(56-40(51)22-30(7)8)34(24-32)26-54-38(49)20-28(3)4/h15-18,23-24,27-30,41-42,46-47H,19-22,25-26H2,1-14H3. The highest BCUT2D eigenvalue weighted by molar-refractivity contribution is 5.91. The van der Waals surface area contributed by atoms with Gasteiger partial charge in [0, 0.05) is 47.9 Å². The SMILES string of the molecule is CC(C)CC(=O)OCc1cc(C(NC(C)(C)C)C(=O)C(NC(C)(C)C)c2ccc(OC(=O)CC(C)C)c(COC(=O)CC(C)C)c2)ccc1OC(=O)CC(C)C. The molecule has 2 unspecified atom stereocenters. The first-order chi connectivity index (χ1) is 25.8. The van der Waals surface area contributed by atoms with Gasteiger partial charge in [-0.15, -0.1) is 0 Å². The van der Waals surface area contributed by atoms with Crippen LogP contribution in [-0.4, -0.2) is 40.7 Å². The lowest BCUT2D eigenvalue weighted by molar-refractivity contribution is -0.146. The summed E-state index contributed by atoms with van der Waals surface area (Å²) in [4.78, 5) is 65.9. The number of carbonyl (C=O) groups excluding carboxylic acids is 5. The molecule has 11 heteroatoms. The Bertz CT molecular complexity index is 1530. The Morgan fingerprint density at radius 1 is 0.500 bits per heavy atom. The smallest absolute Gasteiger partial charge is 0.311 e. The zero-order valence-electron chi connectivity index (χ0n) is 36.3. The van der Waals surface area contributed by atoms with Crippen LogP contribution in [0, 0.1) is 23.7 Å². The summed E-state index contributed by atoms with van der Waals surface area (Å²) < 4.78 is 22.8. The van der Waals surface area contributed by atoms with Crippen molar-refractivity contribution in [3.05, 3.63) is 58.7 Å². The maximum absolute atomic E-state index is 15.1. The van der Waals surface area contributed by atoms with Gasteiger partial charge in [0.25, 0.3) is 0 Å². The van der Waals surface area contributed by atoms with E-state index in [1.807, 2.05) is 96.9 Å². The molecule has 0 fully saturated rings. The quantitative estimate of drug-likeness (QED) is 0.0981. The van der Waals surface area contributed by atoms with Crippen LogP contribution >= 0.6 is 0 Å². The molecule has 0 aliphatic carbocycles. The number of benzene rings is 2. The fourth-order valence-corrected chi connectivity index (χ4v) is 5.75. The number of ketones is 1. The number of hydrogen-bond acceptors (Lipinski definition) is 11. The molecular formula is C45H68N2O9. The van der Waals surface area contributed by atoms with E-state index in [1.165, 1.54) is 0 Å². The van der Waals surface area contributed by atoms with Crippen LogP contribution in [0.15, 0.2) is 36.4 Å². The zero-order chi connectivity index (χ0) is 42.5. The highest BCUT2D eigenvalue weighted by Gasteiger charge is 2.35. The number of ether oxygens (including phenoxy) is 4. The van der Waals surface area contributed by atoms with E-state index < -0.39 is 35.1 Å². The minimum absolute atomic E-state index is 0.0769. The number of esters is 4. The topological polar surface area (TPSA) is 146 Å². The summed E-state index contributed by atoms with van der Waals surface area (Å²) in [6.45, 7) is 26.8. The third kappa shape index (κ3) is 17.8. The van der Waals surface area contributed by atoms with Gasteiger partial charge in [-0.1, -0.05) is 67.5 Å². The lowest BCUT2D eigenvalue weighted by atomic mass is 9.88. The molecule has 2 rings (SSSR count). The zero-order valence-corrected chi connectivity index (χ0v) is 36.3. The normalized spacial score (nSPS) is 13.2. The van der Waals surface area contributed by atoms with Gasteiger partial charge in [0.2, 0.25) is 0 Å². The van der Waals surface area contributed by atoms with Crippen LogP contribution in [0.3, 0.4) is 0 Å². The molecule has 2 aromatic rings. The first-order valence-electron chi connectivity index (χ1n) is 19.9. The van der Waals surface area contributed by atoms with E-state index in [0.717, 1.165) is 0 Å². The third-order valence-corrected chi connectivity index (χ3v) is 8.08. The van der Waals surface area contributed by atoms with Gasteiger partial charge in [0.1, 0.15) is 24.7 Å². The summed E-state index contributed by atoms with van der Waals surface area (Å²) in [5, 5.41) is 7.00. The van der Waals surface area contributed by atoms with Gasteiger partial charge in [0.15, 0.2) is 5.78 Å². The molecule has 56 heavy (non-hydrogen) atoms. The van der Waals surface area contributed by atoms with E-state index in [9.17, 15) is 19.2 Å². The molecule has 2 N–H and O–H groups in total. The molecule has 0 amide bonds. The molecule has 0 saturated heterocycles. The molecule has 0 radical (unpaired) electrons. The lowest BCUT2D eigenvalue weighted by Crippen LogP contribution is -2.48. The first-order valence-corrected chi connectivity index (χ1v) is 19.9. The fourth-order valence-electron chi connectivity index (χ4n) is 5.75. The number of rotatable bonds is 20. The average molecular weight is 781 g/mol. The van der Waals surface area contributed by atoms with Crippen molar-refractivity contribution in [1.29, 1.82) is 0 Å². The summed E-state index contributed by atoms with van der Waals surface area (Å²) >= 11 is 0. The van der Waals surface area contributed by atoms with Crippen molar-refractivity contribution in [1.82, 2.24) is 10.6 Å². The lowest BCUT2D eigenvalue weighted by Gasteiger charge is -2.34. The number of hydrogen-bond donors (Lipinski definition) is 2. The van der Waals surface area contributed by atoms with Gasteiger partial charge < -0.3 is 18.9 Å². The Labute approximate surface area is 335 Å². The molecule has 0 aliphatic rings. The van der Waals surface area contributed by atoms with Gasteiger partial charge in [-0.25, -0.2) is 0 Å². The maximum Gasteiger partial charge on any atom is 0.311 e. The monoisotopic (exact) mass is 780 g/mol. The van der Waals surface area contributed by atoms with Gasteiger partial charge in [-0.3, -0.25) is 34.6 Å². The van der Waals surface area contributed by atoms with E-state index in [0.29, 0.717) is 22.3 Å². The molecule has 312 valence electrons. The minimum Gasteiger partial charge on any atom is -0.461 e. The summed E-state index contributed by atoms with van der Waals surface area (Å²) in [6.07, 6.45) is 0.860. The highest BCUT2D eigenvalue weighted by Crippen LogP contribution is 2.33. The van der Waals surface area contributed by atoms with Crippen molar-refractivity contribution < 1.29 is 42.9 Å². The Morgan fingerprint density at radius 2 is 0.804 bits per heavy atom. The summed E-state index contributed by atoms with van der Waals surface area (Å²) in [5.74, 6) is -0.983. The van der Waals surface area contributed by atoms with Gasteiger partial charge >= 0.3 is 23.9 Å². The molecule has 0 aliphatic heterocycles. The Balaban J connectivity index is 2.75. The number of Topliss-reactive ketones (excluding diaryl/α,β-unsaturated/α-hetero) is 1. The summed E-state index contributed by atoms with van der Waals surface area (Å²) in [6, 6.07) is 8.46. The molecule has 11 nitrogen and oxygen atoms in total. The van der Waals surface area contributed by atoms with Crippen molar-refractivity contribution in [3.8, 4) is 11.5 Å². The van der Waals surface area contributed by atoms with Crippen molar-refractivity contribution in [2.24, 2.45) is 23.7 Å². The van der Waals surface area contributed by atoms with Gasteiger partial charge in [0.05, 0.1) is 12.1 Å². The first kappa shape index (κ1) is 48.1. The fraction of sp³-hybridized carbons (Fsp3) is 0.622. The van der Waals surface area contributed by atoms with Crippen LogP contribution < -0.4 is 20.1 Å². The molecule has 2 atom stereocenters. The molecule has 0 aromatic heterocycles. The van der Waals surface area contributed by atoms with Gasteiger partial charge in [-0.05, 0) is 101 Å². The molecule has 0 bridgehead atoms. The van der Waals surface area contributed by atoms with Crippen LogP contribution in [0.4, 0.5) is 0 Å². The molecule has 0 spiro atoms.